The fraction of sp³-hybridized carbons (Fsp3) is 0.250. The lowest BCUT2D eigenvalue weighted by molar-refractivity contribution is -0.121. The quantitative estimate of drug-likeness (QED) is 0.675. The third kappa shape index (κ3) is 5.90. The van der Waals surface area contributed by atoms with Crippen LogP contribution >= 0.6 is 0 Å². The van der Waals surface area contributed by atoms with Crippen molar-refractivity contribution in [1.82, 2.24) is 15.2 Å². The molecule has 1 aromatic carbocycles. The van der Waals surface area contributed by atoms with Gasteiger partial charge in [-0.05, 0) is 24.3 Å². The second kappa shape index (κ2) is 8.50. The number of carbonyl (C=O) groups is 2. The van der Waals surface area contributed by atoms with Gasteiger partial charge in [-0.1, -0.05) is 18.2 Å². The summed E-state index contributed by atoms with van der Waals surface area (Å²) in [6.07, 6.45) is 0.973. The van der Waals surface area contributed by atoms with Crippen LogP contribution in [0.25, 0.3) is 0 Å². The molecule has 1 heterocycles. The molecule has 0 fully saturated rings. The molecule has 2 aromatic rings. The Morgan fingerprint density at radius 3 is 2.46 bits per heavy atom. The second-order valence-electron chi connectivity index (χ2n) is 5.39. The van der Waals surface area contributed by atoms with E-state index in [-0.39, 0.29) is 12.4 Å². The van der Waals surface area contributed by atoms with Gasteiger partial charge < -0.3 is 9.15 Å². The summed E-state index contributed by atoms with van der Waals surface area (Å²) >= 11 is 0. The summed E-state index contributed by atoms with van der Waals surface area (Å²) in [5.74, 6) is -0.287. The third-order valence-electron chi connectivity index (χ3n) is 3.26. The van der Waals surface area contributed by atoms with Crippen LogP contribution in [0.15, 0.2) is 46.9 Å². The number of furan rings is 1. The fourth-order valence-electron chi connectivity index (χ4n) is 1.80. The molecule has 0 atom stereocenters. The number of ether oxygens (including phenoxy) is 1. The molecule has 0 aliphatic carbocycles. The van der Waals surface area contributed by atoms with Crippen molar-refractivity contribution in [2.75, 3.05) is 19.8 Å². The topological polar surface area (TPSA) is 118 Å². The highest BCUT2D eigenvalue weighted by Gasteiger charge is 2.17. The van der Waals surface area contributed by atoms with Crippen LogP contribution in [0.3, 0.4) is 0 Å². The highest BCUT2D eigenvalue weighted by Crippen LogP contribution is 2.13. The van der Waals surface area contributed by atoms with E-state index < -0.39 is 28.4 Å². The standard InChI is InChI=1S/C16H19N3O6S/c1-19(26(2,22)23)10-15(20)17-18-16(21)14-9-8-13(25-14)11-24-12-6-4-3-5-7-12/h3-9H,10-11H2,1-2H3,(H,17,20)(H,18,21). The number of hydrogen-bond donors (Lipinski definition) is 2. The number of benzene rings is 1. The average molecular weight is 381 g/mol. The number of nitrogens with one attached hydrogen (secondary N) is 2. The highest BCUT2D eigenvalue weighted by atomic mass is 32.2. The summed E-state index contributed by atoms with van der Waals surface area (Å²) in [6, 6.07) is 12.1. The largest absolute Gasteiger partial charge is 0.486 e. The first-order valence-electron chi connectivity index (χ1n) is 7.53. The number of nitrogens with zero attached hydrogens (tertiary/aromatic N) is 1. The Bertz CT molecular complexity index is 863. The number of likely N-dealkylation sites (N-methyl/N-ethyl adjacent to an activating group) is 1. The molecule has 10 heteroatoms. The first kappa shape index (κ1) is 19.5. The lowest BCUT2D eigenvalue weighted by Crippen LogP contribution is -2.46. The van der Waals surface area contributed by atoms with Crippen LogP contribution < -0.4 is 15.6 Å². The summed E-state index contributed by atoms with van der Waals surface area (Å²) < 4.78 is 34.1. The van der Waals surface area contributed by atoms with Crippen LogP contribution in [0.2, 0.25) is 0 Å². The molecule has 1 aromatic heterocycles. The molecule has 9 nitrogen and oxygen atoms in total. The Labute approximate surface area is 150 Å². The van der Waals surface area contributed by atoms with Crippen molar-refractivity contribution in [2.45, 2.75) is 6.61 Å². The van der Waals surface area contributed by atoms with Gasteiger partial charge >= 0.3 is 5.91 Å². The minimum atomic E-state index is -3.49. The zero-order valence-electron chi connectivity index (χ0n) is 14.3. The number of sulfonamides is 1. The van der Waals surface area contributed by atoms with Crippen LogP contribution in [-0.2, 0) is 21.4 Å². The minimum Gasteiger partial charge on any atom is -0.486 e. The number of carbonyl (C=O) groups excluding carboxylic acids is 2. The summed E-state index contributed by atoms with van der Waals surface area (Å²) in [6.45, 7) is -0.282. The Morgan fingerprint density at radius 2 is 1.81 bits per heavy atom. The SMILES string of the molecule is CN(CC(=O)NNC(=O)c1ccc(COc2ccccc2)o1)S(C)(=O)=O. The zero-order chi connectivity index (χ0) is 19.2. The van der Waals surface area contributed by atoms with Gasteiger partial charge in [-0.15, -0.1) is 0 Å². The number of hydrazine groups is 1. The number of hydrogen-bond acceptors (Lipinski definition) is 6. The molecule has 2 rings (SSSR count). The van der Waals surface area contributed by atoms with Crippen molar-refractivity contribution < 1.29 is 27.2 Å². The number of rotatable bonds is 7. The molecule has 0 bridgehead atoms. The molecule has 0 saturated carbocycles. The molecule has 26 heavy (non-hydrogen) atoms. The van der Waals surface area contributed by atoms with Crippen LogP contribution in [0, 0.1) is 0 Å². The lowest BCUT2D eigenvalue weighted by Gasteiger charge is -2.13. The molecule has 0 spiro atoms. The monoisotopic (exact) mass is 381 g/mol. The lowest BCUT2D eigenvalue weighted by atomic mass is 10.3. The molecule has 0 radical (unpaired) electrons. The first-order valence-corrected chi connectivity index (χ1v) is 9.37. The normalized spacial score (nSPS) is 11.2. The van der Waals surface area contributed by atoms with Crippen LogP contribution in [0.5, 0.6) is 5.75 Å². The van der Waals surface area contributed by atoms with Crippen LogP contribution in [-0.4, -0.2) is 44.4 Å². The predicted molar refractivity (Wildman–Crippen MR) is 92.6 cm³/mol. The van der Waals surface area contributed by atoms with Gasteiger partial charge in [0.2, 0.25) is 10.0 Å². The predicted octanol–water partition coefficient (Wildman–Crippen LogP) is 0.511. The Balaban J connectivity index is 1.81. The van der Waals surface area contributed by atoms with Gasteiger partial charge in [0.1, 0.15) is 18.1 Å². The maximum atomic E-state index is 11.9. The fourth-order valence-corrected chi connectivity index (χ4v) is 2.15. The van der Waals surface area contributed by atoms with E-state index in [9.17, 15) is 18.0 Å². The third-order valence-corrected chi connectivity index (χ3v) is 4.52. The summed E-state index contributed by atoms with van der Waals surface area (Å²) in [5.41, 5.74) is 4.26. The van der Waals surface area contributed by atoms with Crippen molar-refractivity contribution >= 4 is 21.8 Å². The van der Waals surface area contributed by atoms with Crippen molar-refractivity contribution in [1.29, 1.82) is 0 Å². The molecule has 2 amide bonds. The highest BCUT2D eigenvalue weighted by molar-refractivity contribution is 7.88. The summed E-state index contributed by atoms with van der Waals surface area (Å²) in [4.78, 5) is 23.5. The van der Waals surface area contributed by atoms with E-state index in [0.29, 0.717) is 11.5 Å². The second-order valence-corrected chi connectivity index (χ2v) is 7.48. The van der Waals surface area contributed by atoms with E-state index >= 15 is 0 Å². The smallest absolute Gasteiger partial charge is 0.305 e. The molecular formula is C16H19N3O6S. The molecular weight excluding hydrogens is 362 g/mol. The molecule has 2 N–H and O–H groups in total. The van der Waals surface area contributed by atoms with Gasteiger partial charge in [0.15, 0.2) is 5.76 Å². The molecule has 0 unspecified atom stereocenters. The van der Waals surface area contributed by atoms with Gasteiger partial charge in [0, 0.05) is 7.05 Å². The number of para-hydroxylation sites is 1. The van der Waals surface area contributed by atoms with E-state index in [4.69, 9.17) is 9.15 Å². The van der Waals surface area contributed by atoms with E-state index in [2.05, 4.69) is 10.9 Å². The molecule has 0 aliphatic rings. The Kier molecular flexibility index (Phi) is 6.36. The van der Waals surface area contributed by atoms with Gasteiger partial charge in [-0.25, -0.2) is 8.42 Å². The van der Waals surface area contributed by atoms with Crippen molar-refractivity contribution in [3.05, 3.63) is 54.0 Å². The maximum Gasteiger partial charge on any atom is 0.305 e. The van der Waals surface area contributed by atoms with Crippen LogP contribution in [0.4, 0.5) is 0 Å². The van der Waals surface area contributed by atoms with Gasteiger partial charge in [-0.2, -0.15) is 4.31 Å². The van der Waals surface area contributed by atoms with Crippen molar-refractivity contribution in [3.63, 3.8) is 0 Å². The first-order chi connectivity index (χ1) is 12.3. The zero-order valence-corrected chi connectivity index (χ0v) is 15.1. The van der Waals surface area contributed by atoms with Crippen molar-refractivity contribution in [2.24, 2.45) is 0 Å². The molecule has 140 valence electrons. The van der Waals surface area contributed by atoms with Gasteiger partial charge in [0.25, 0.3) is 5.91 Å². The molecule has 0 saturated heterocycles. The Morgan fingerprint density at radius 1 is 1.12 bits per heavy atom. The summed E-state index contributed by atoms with van der Waals surface area (Å²) in [7, 11) is -2.23. The van der Waals surface area contributed by atoms with E-state index in [1.165, 1.54) is 13.1 Å². The van der Waals surface area contributed by atoms with Gasteiger partial charge in [-0.3, -0.25) is 20.4 Å². The van der Waals surface area contributed by atoms with E-state index in [1.807, 2.05) is 18.2 Å². The summed E-state index contributed by atoms with van der Waals surface area (Å²) in [5, 5.41) is 0. The van der Waals surface area contributed by atoms with Crippen LogP contribution in [0.1, 0.15) is 16.3 Å². The van der Waals surface area contributed by atoms with Gasteiger partial charge in [0.05, 0.1) is 12.8 Å². The van der Waals surface area contributed by atoms with Crippen molar-refractivity contribution in [3.8, 4) is 5.75 Å². The number of amides is 2. The Hall–Kier alpha value is -2.85. The minimum absolute atomic E-state index is 0.0200. The maximum absolute atomic E-state index is 11.9. The average Bonchev–Trinajstić information content (AvgIpc) is 3.07. The van der Waals surface area contributed by atoms with E-state index in [0.717, 1.165) is 10.6 Å². The molecule has 0 aliphatic heterocycles. The van der Waals surface area contributed by atoms with E-state index in [1.54, 1.807) is 18.2 Å².